The Labute approximate surface area is 114 Å². The van der Waals surface area contributed by atoms with E-state index >= 15 is 0 Å². The van der Waals surface area contributed by atoms with Gasteiger partial charge in [0.25, 0.3) is 0 Å². The van der Waals surface area contributed by atoms with Crippen LogP contribution in [0.5, 0.6) is 0 Å². The molecule has 2 aliphatic carbocycles. The largest absolute Gasteiger partial charge is 0.353 e. The third-order valence-electron chi connectivity index (χ3n) is 3.61. The van der Waals surface area contributed by atoms with Gasteiger partial charge in [0.15, 0.2) is 0 Å². The monoisotopic (exact) mass is 267 g/mol. The number of aliphatic imine (C=N–C) groups is 1. The summed E-state index contributed by atoms with van der Waals surface area (Å²) in [5.41, 5.74) is 2.60. The molecule has 2 saturated carbocycles. The average Bonchev–Trinajstić information content (AvgIpc) is 3.06. The molecule has 0 heterocycles. The SMILES string of the molecule is NNC(=NCCCC(=O)NC1CC1)NC1CCCC1. The minimum absolute atomic E-state index is 0.142. The van der Waals surface area contributed by atoms with Crippen LogP contribution < -0.4 is 21.9 Å². The van der Waals surface area contributed by atoms with Crippen molar-refractivity contribution in [2.24, 2.45) is 10.8 Å². The van der Waals surface area contributed by atoms with Gasteiger partial charge in [0.1, 0.15) is 0 Å². The van der Waals surface area contributed by atoms with E-state index < -0.39 is 0 Å². The maximum atomic E-state index is 11.5. The minimum Gasteiger partial charge on any atom is -0.353 e. The standard InChI is InChI=1S/C13H25N5O/c14-18-13(17-10-4-1-2-5-10)15-9-3-6-12(19)16-11-7-8-11/h10-11H,1-9,14H2,(H,16,19)(H2,15,17,18). The smallest absolute Gasteiger partial charge is 0.220 e. The molecule has 2 fully saturated rings. The Morgan fingerprint density at radius 2 is 1.79 bits per heavy atom. The number of nitrogens with zero attached hydrogens (tertiary/aromatic N) is 1. The van der Waals surface area contributed by atoms with Crippen molar-refractivity contribution in [1.82, 2.24) is 16.1 Å². The summed E-state index contributed by atoms with van der Waals surface area (Å²) in [5, 5.41) is 6.28. The Hall–Kier alpha value is -1.30. The number of guanidine groups is 1. The molecule has 6 nitrogen and oxygen atoms in total. The summed E-state index contributed by atoms with van der Waals surface area (Å²) in [5.74, 6) is 6.23. The number of hydrazine groups is 1. The summed E-state index contributed by atoms with van der Waals surface area (Å²) in [6.07, 6.45) is 8.49. The molecule has 2 aliphatic rings. The van der Waals surface area contributed by atoms with Crippen LogP contribution in [-0.4, -0.2) is 30.5 Å². The summed E-state index contributed by atoms with van der Waals surface area (Å²) < 4.78 is 0. The Morgan fingerprint density at radius 3 is 2.42 bits per heavy atom. The molecule has 0 aromatic carbocycles. The number of nitrogens with two attached hydrogens (primary N) is 1. The highest BCUT2D eigenvalue weighted by Crippen LogP contribution is 2.18. The zero-order chi connectivity index (χ0) is 13.5. The molecule has 0 unspecified atom stereocenters. The van der Waals surface area contributed by atoms with E-state index in [0.717, 1.165) is 19.3 Å². The maximum absolute atomic E-state index is 11.5. The van der Waals surface area contributed by atoms with Crippen LogP contribution in [-0.2, 0) is 4.79 Å². The second kappa shape index (κ2) is 7.33. The summed E-state index contributed by atoms with van der Waals surface area (Å²) in [7, 11) is 0. The number of nitrogens with one attached hydrogen (secondary N) is 3. The zero-order valence-electron chi connectivity index (χ0n) is 11.5. The summed E-state index contributed by atoms with van der Waals surface area (Å²) in [6, 6.07) is 0.939. The third kappa shape index (κ3) is 5.46. The molecular formula is C13H25N5O. The van der Waals surface area contributed by atoms with Crippen molar-refractivity contribution in [2.75, 3.05) is 6.54 Å². The zero-order valence-corrected chi connectivity index (χ0v) is 11.5. The van der Waals surface area contributed by atoms with E-state index in [1.807, 2.05) is 0 Å². The molecule has 0 radical (unpaired) electrons. The molecule has 0 aliphatic heterocycles. The fraction of sp³-hybridized carbons (Fsp3) is 0.846. The number of hydrogen-bond acceptors (Lipinski definition) is 3. The van der Waals surface area contributed by atoms with Crippen molar-refractivity contribution in [3.05, 3.63) is 0 Å². The Balaban J connectivity index is 1.59. The van der Waals surface area contributed by atoms with Gasteiger partial charge in [0.2, 0.25) is 11.9 Å². The van der Waals surface area contributed by atoms with E-state index in [1.165, 1.54) is 25.7 Å². The van der Waals surface area contributed by atoms with Crippen LogP contribution in [0.4, 0.5) is 0 Å². The van der Waals surface area contributed by atoms with Crippen LogP contribution >= 0.6 is 0 Å². The van der Waals surface area contributed by atoms with Gasteiger partial charge in [-0.2, -0.15) is 0 Å². The topological polar surface area (TPSA) is 91.5 Å². The lowest BCUT2D eigenvalue weighted by Crippen LogP contribution is -2.45. The van der Waals surface area contributed by atoms with E-state index in [1.54, 1.807) is 0 Å². The first-order valence-electron chi connectivity index (χ1n) is 7.35. The summed E-state index contributed by atoms with van der Waals surface area (Å²) >= 11 is 0. The van der Waals surface area contributed by atoms with Crippen LogP contribution in [0.15, 0.2) is 4.99 Å². The fourth-order valence-electron chi connectivity index (χ4n) is 2.35. The second-order valence-corrected chi connectivity index (χ2v) is 5.45. The van der Waals surface area contributed by atoms with Gasteiger partial charge in [-0.3, -0.25) is 15.2 Å². The highest BCUT2D eigenvalue weighted by Gasteiger charge is 2.22. The molecule has 108 valence electrons. The normalized spacial score (nSPS) is 20.4. The van der Waals surface area contributed by atoms with Crippen LogP contribution in [0.3, 0.4) is 0 Å². The number of carbonyl (C=O) groups is 1. The van der Waals surface area contributed by atoms with E-state index in [4.69, 9.17) is 5.84 Å². The first-order valence-corrected chi connectivity index (χ1v) is 7.35. The maximum Gasteiger partial charge on any atom is 0.220 e. The molecule has 0 aromatic rings. The first-order chi connectivity index (χ1) is 9.28. The van der Waals surface area contributed by atoms with Crippen LogP contribution in [0, 0.1) is 0 Å². The van der Waals surface area contributed by atoms with Gasteiger partial charge < -0.3 is 10.6 Å². The molecule has 0 spiro atoms. The van der Waals surface area contributed by atoms with Crippen molar-refractivity contribution in [3.63, 3.8) is 0 Å². The number of rotatable bonds is 6. The molecule has 0 aromatic heterocycles. The van der Waals surface area contributed by atoms with Crippen molar-refractivity contribution in [3.8, 4) is 0 Å². The molecule has 5 N–H and O–H groups in total. The van der Waals surface area contributed by atoms with Gasteiger partial charge in [-0.1, -0.05) is 12.8 Å². The van der Waals surface area contributed by atoms with E-state index in [2.05, 4.69) is 21.1 Å². The molecule has 2 rings (SSSR count). The third-order valence-corrected chi connectivity index (χ3v) is 3.61. The van der Waals surface area contributed by atoms with Gasteiger partial charge >= 0.3 is 0 Å². The lowest BCUT2D eigenvalue weighted by Gasteiger charge is -2.14. The molecule has 6 heteroatoms. The summed E-state index contributed by atoms with van der Waals surface area (Å²) in [6.45, 7) is 0.622. The molecule has 19 heavy (non-hydrogen) atoms. The minimum atomic E-state index is 0.142. The predicted octanol–water partition coefficient (Wildman–Crippen LogP) is 0.397. The van der Waals surface area contributed by atoms with Crippen molar-refractivity contribution >= 4 is 11.9 Å². The highest BCUT2D eigenvalue weighted by atomic mass is 16.1. The van der Waals surface area contributed by atoms with Crippen molar-refractivity contribution in [2.45, 2.75) is 63.5 Å². The Morgan fingerprint density at radius 1 is 1.11 bits per heavy atom. The number of amides is 1. The molecule has 1 amide bonds. The van der Waals surface area contributed by atoms with Gasteiger partial charge in [-0.15, -0.1) is 0 Å². The van der Waals surface area contributed by atoms with Gasteiger partial charge in [-0.25, -0.2) is 5.84 Å². The van der Waals surface area contributed by atoms with E-state index in [-0.39, 0.29) is 5.91 Å². The molecule has 0 bridgehead atoms. The van der Waals surface area contributed by atoms with Crippen molar-refractivity contribution in [1.29, 1.82) is 0 Å². The Bertz CT molecular complexity index is 321. The Kier molecular flexibility index (Phi) is 5.44. The lowest BCUT2D eigenvalue weighted by atomic mass is 10.2. The second-order valence-electron chi connectivity index (χ2n) is 5.45. The van der Waals surface area contributed by atoms with Crippen molar-refractivity contribution < 1.29 is 4.79 Å². The molecule has 0 saturated heterocycles. The number of carbonyl (C=O) groups excluding carboxylic acids is 1. The highest BCUT2D eigenvalue weighted by molar-refractivity contribution is 5.79. The van der Waals surface area contributed by atoms with E-state index in [9.17, 15) is 4.79 Å². The van der Waals surface area contributed by atoms with Crippen LogP contribution in [0.1, 0.15) is 51.4 Å². The quantitative estimate of drug-likeness (QED) is 0.184. The summed E-state index contributed by atoms with van der Waals surface area (Å²) in [4.78, 5) is 15.8. The predicted molar refractivity (Wildman–Crippen MR) is 75.4 cm³/mol. The molecular weight excluding hydrogens is 242 g/mol. The van der Waals surface area contributed by atoms with Crippen LogP contribution in [0.2, 0.25) is 0 Å². The number of hydrogen-bond donors (Lipinski definition) is 4. The van der Waals surface area contributed by atoms with E-state index in [0.29, 0.717) is 31.0 Å². The van der Waals surface area contributed by atoms with Gasteiger partial charge in [0.05, 0.1) is 0 Å². The fourth-order valence-corrected chi connectivity index (χ4v) is 2.35. The lowest BCUT2D eigenvalue weighted by molar-refractivity contribution is -0.121. The van der Waals surface area contributed by atoms with Gasteiger partial charge in [-0.05, 0) is 32.1 Å². The average molecular weight is 267 g/mol. The van der Waals surface area contributed by atoms with Gasteiger partial charge in [0, 0.05) is 25.0 Å². The molecule has 0 atom stereocenters. The van der Waals surface area contributed by atoms with Crippen LogP contribution in [0.25, 0.3) is 0 Å². The first kappa shape index (κ1) is 14.1.